The number of rotatable bonds is 7. The summed E-state index contributed by atoms with van der Waals surface area (Å²) in [5.41, 5.74) is 7.47. The van der Waals surface area contributed by atoms with Crippen molar-refractivity contribution in [3.63, 3.8) is 0 Å². The van der Waals surface area contributed by atoms with Crippen molar-refractivity contribution >= 4 is 28.7 Å². The smallest absolute Gasteiger partial charge is 0.326 e. The molecule has 3 aromatic carbocycles. The van der Waals surface area contributed by atoms with Crippen LogP contribution < -0.4 is 10.5 Å². The standard InChI is InChI=1S/C28H23F2N3O5.H2O/c29-21-12-19(25-20(24(21)30)13-23(38-25)26(31)32)16-6-8-18(9-7-16)37-14-15-3-1-4-17(11-15)27(34)33-10-2-5-22(33)28(35)36;/h1,3-4,6-9,11-13,22H,2,5,10,14H2,(H3,31,32)(H,35,36);1H2/t22-;/m0./s1. The van der Waals surface area contributed by atoms with E-state index in [4.69, 9.17) is 20.3 Å². The number of carbonyl (C=O) groups is 2. The molecule has 0 aliphatic carbocycles. The van der Waals surface area contributed by atoms with Crippen molar-refractivity contribution in [2.45, 2.75) is 25.5 Å². The topological polar surface area (TPSA) is 161 Å². The number of carboxylic acid groups (broad SMARTS) is 1. The minimum atomic E-state index is -1.08. The summed E-state index contributed by atoms with van der Waals surface area (Å²) in [7, 11) is 0. The Balaban J connectivity index is 0.00000353. The number of carboxylic acids is 1. The van der Waals surface area contributed by atoms with Crippen LogP contribution in [0, 0.1) is 17.0 Å². The highest BCUT2D eigenvalue weighted by Crippen LogP contribution is 2.35. The van der Waals surface area contributed by atoms with E-state index in [-0.39, 0.29) is 34.7 Å². The van der Waals surface area contributed by atoms with Crippen LogP contribution in [0.5, 0.6) is 5.75 Å². The van der Waals surface area contributed by atoms with Gasteiger partial charge >= 0.3 is 5.97 Å². The minimum Gasteiger partial charge on any atom is -0.489 e. The van der Waals surface area contributed by atoms with Crippen molar-refractivity contribution in [3.8, 4) is 16.9 Å². The molecule has 1 atom stereocenters. The number of halogens is 2. The molecule has 0 saturated carbocycles. The van der Waals surface area contributed by atoms with Crippen molar-refractivity contribution in [2.75, 3.05) is 6.54 Å². The number of amidine groups is 1. The summed E-state index contributed by atoms with van der Waals surface area (Å²) in [6.07, 6.45) is 1.09. The molecule has 39 heavy (non-hydrogen) atoms. The molecule has 1 aliphatic rings. The predicted molar refractivity (Wildman–Crippen MR) is 139 cm³/mol. The molecule has 6 N–H and O–H groups in total. The number of likely N-dealkylation sites (tertiary alicyclic amines) is 1. The van der Waals surface area contributed by atoms with Gasteiger partial charge in [0, 0.05) is 17.7 Å². The third-order valence-electron chi connectivity index (χ3n) is 6.50. The van der Waals surface area contributed by atoms with E-state index >= 15 is 0 Å². The molecule has 0 spiro atoms. The maximum atomic E-state index is 14.3. The van der Waals surface area contributed by atoms with Gasteiger partial charge in [0.1, 0.15) is 24.0 Å². The number of amides is 1. The second-order valence-electron chi connectivity index (χ2n) is 9.00. The molecule has 2 heterocycles. The highest BCUT2D eigenvalue weighted by molar-refractivity contribution is 6.00. The molecule has 0 radical (unpaired) electrons. The normalized spacial score (nSPS) is 14.7. The highest BCUT2D eigenvalue weighted by atomic mass is 19.2. The van der Waals surface area contributed by atoms with Gasteiger partial charge in [-0.05, 0) is 60.4 Å². The number of fused-ring (bicyclic) bond motifs is 1. The van der Waals surface area contributed by atoms with Crippen molar-refractivity contribution in [3.05, 3.63) is 89.2 Å². The van der Waals surface area contributed by atoms with Gasteiger partial charge in [-0.1, -0.05) is 24.3 Å². The average molecular weight is 538 g/mol. The molecule has 1 amide bonds. The molecule has 1 fully saturated rings. The Morgan fingerprint density at radius 3 is 2.56 bits per heavy atom. The number of hydrogen-bond acceptors (Lipinski definition) is 5. The monoisotopic (exact) mass is 537 g/mol. The molecule has 0 unspecified atom stereocenters. The van der Waals surface area contributed by atoms with Gasteiger partial charge in [-0.25, -0.2) is 13.6 Å². The summed E-state index contributed by atoms with van der Waals surface area (Å²) in [5, 5.41) is 16.8. The van der Waals surface area contributed by atoms with Crippen LogP contribution in [-0.2, 0) is 11.4 Å². The summed E-state index contributed by atoms with van der Waals surface area (Å²) in [6.45, 7) is 0.555. The molecule has 9 nitrogen and oxygen atoms in total. The van der Waals surface area contributed by atoms with Gasteiger partial charge in [-0.3, -0.25) is 10.2 Å². The maximum Gasteiger partial charge on any atom is 0.326 e. The first-order chi connectivity index (χ1) is 18.2. The van der Waals surface area contributed by atoms with Crippen LogP contribution in [0.3, 0.4) is 0 Å². The van der Waals surface area contributed by atoms with Gasteiger partial charge in [0.2, 0.25) is 0 Å². The second-order valence-corrected chi connectivity index (χ2v) is 9.00. The van der Waals surface area contributed by atoms with Gasteiger partial charge in [-0.2, -0.15) is 0 Å². The van der Waals surface area contributed by atoms with Crippen molar-refractivity contribution in [1.29, 1.82) is 5.41 Å². The van der Waals surface area contributed by atoms with E-state index in [0.717, 1.165) is 11.6 Å². The fourth-order valence-corrected chi connectivity index (χ4v) is 4.61. The Bertz CT molecular complexity index is 1570. The zero-order valence-electron chi connectivity index (χ0n) is 20.5. The van der Waals surface area contributed by atoms with Crippen LogP contribution in [0.15, 0.2) is 65.1 Å². The van der Waals surface area contributed by atoms with Crippen molar-refractivity contribution in [1.82, 2.24) is 4.90 Å². The summed E-state index contributed by atoms with van der Waals surface area (Å²) in [5.74, 6) is -3.43. The Morgan fingerprint density at radius 1 is 1.13 bits per heavy atom. The third kappa shape index (κ3) is 5.30. The van der Waals surface area contributed by atoms with Crippen LogP contribution >= 0.6 is 0 Å². The summed E-state index contributed by atoms with van der Waals surface area (Å²) in [4.78, 5) is 25.7. The molecular weight excluding hydrogens is 512 g/mol. The fourth-order valence-electron chi connectivity index (χ4n) is 4.61. The van der Waals surface area contributed by atoms with Crippen LogP contribution in [0.1, 0.15) is 34.5 Å². The number of nitrogen functional groups attached to an aromatic ring is 1. The number of ether oxygens (including phenoxy) is 1. The zero-order chi connectivity index (χ0) is 27.0. The first kappa shape index (κ1) is 27.3. The largest absolute Gasteiger partial charge is 0.489 e. The Hall–Kier alpha value is -4.77. The van der Waals surface area contributed by atoms with Crippen molar-refractivity contribution < 1.29 is 38.1 Å². The molecule has 11 heteroatoms. The molecule has 4 aromatic rings. The van der Waals surface area contributed by atoms with Gasteiger partial charge in [0.25, 0.3) is 5.91 Å². The summed E-state index contributed by atoms with van der Waals surface area (Å²) in [6, 6.07) is 14.9. The number of aliphatic carboxylic acids is 1. The highest BCUT2D eigenvalue weighted by Gasteiger charge is 2.34. The van der Waals surface area contributed by atoms with E-state index < -0.39 is 29.5 Å². The van der Waals surface area contributed by atoms with Gasteiger partial charge in [0.15, 0.2) is 23.2 Å². The van der Waals surface area contributed by atoms with E-state index in [1.165, 1.54) is 11.0 Å². The second kappa shape index (κ2) is 10.9. The van der Waals surface area contributed by atoms with Crippen LogP contribution in [0.4, 0.5) is 8.78 Å². The number of benzene rings is 3. The maximum absolute atomic E-state index is 14.3. The first-order valence-electron chi connectivity index (χ1n) is 11.8. The lowest BCUT2D eigenvalue weighted by atomic mass is 10.0. The fraction of sp³-hybridized carbons (Fsp3) is 0.179. The number of nitrogens with one attached hydrogen (secondary N) is 1. The summed E-state index contributed by atoms with van der Waals surface area (Å²) < 4.78 is 39.9. The molecule has 1 aromatic heterocycles. The number of nitrogens with two attached hydrogens (primary N) is 1. The van der Waals surface area contributed by atoms with E-state index in [1.54, 1.807) is 48.5 Å². The van der Waals surface area contributed by atoms with E-state index in [2.05, 4.69) is 0 Å². The number of carbonyl (C=O) groups excluding carboxylic acids is 1. The number of furan rings is 1. The average Bonchev–Trinajstić information content (AvgIpc) is 3.58. The van der Waals surface area contributed by atoms with E-state index in [1.807, 2.05) is 0 Å². The predicted octanol–water partition coefficient (Wildman–Crippen LogP) is 4.11. The zero-order valence-corrected chi connectivity index (χ0v) is 20.5. The van der Waals surface area contributed by atoms with Crippen molar-refractivity contribution in [2.24, 2.45) is 5.73 Å². The molecule has 5 rings (SSSR count). The Morgan fingerprint density at radius 2 is 1.87 bits per heavy atom. The number of nitrogens with zero attached hydrogens (tertiary/aromatic N) is 1. The summed E-state index contributed by atoms with van der Waals surface area (Å²) >= 11 is 0. The molecule has 202 valence electrons. The van der Waals surface area contributed by atoms with Crippen LogP contribution in [0.25, 0.3) is 22.1 Å². The minimum absolute atomic E-state index is 0. The van der Waals surface area contributed by atoms with Crippen LogP contribution in [0.2, 0.25) is 0 Å². The Labute approximate surface area is 221 Å². The lowest BCUT2D eigenvalue weighted by Crippen LogP contribution is -2.40. The SMILES string of the molecule is N=C(N)c1cc2c(F)c(F)cc(-c3ccc(OCc4cccc(C(=O)N5CCC[C@H]5C(=O)O)c4)cc3)c2o1.O. The lowest BCUT2D eigenvalue weighted by Gasteiger charge is -2.21. The van der Waals surface area contributed by atoms with Gasteiger partial charge < -0.3 is 30.4 Å². The van der Waals surface area contributed by atoms with Gasteiger partial charge in [0.05, 0.1) is 5.39 Å². The molecular formula is C28H25F2N3O6. The lowest BCUT2D eigenvalue weighted by molar-refractivity contribution is -0.141. The third-order valence-corrected chi connectivity index (χ3v) is 6.50. The van der Waals surface area contributed by atoms with E-state index in [9.17, 15) is 23.5 Å². The van der Waals surface area contributed by atoms with Crippen LogP contribution in [-0.4, -0.2) is 45.8 Å². The Kier molecular flexibility index (Phi) is 7.63. The first-order valence-corrected chi connectivity index (χ1v) is 11.8. The molecule has 1 aliphatic heterocycles. The van der Waals surface area contributed by atoms with E-state index in [0.29, 0.717) is 41.8 Å². The quantitative estimate of drug-likeness (QED) is 0.237. The molecule has 0 bridgehead atoms. The molecule has 1 saturated heterocycles. The number of hydrogen-bond donors (Lipinski definition) is 3. The van der Waals surface area contributed by atoms with Gasteiger partial charge in [-0.15, -0.1) is 0 Å².